The highest BCUT2D eigenvalue weighted by atomic mass is 19.1. The van der Waals surface area contributed by atoms with Gasteiger partial charge in [-0.25, -0.2) is 4.39 Å². The Balaban J connectivity index is 1.66. The summed E-state index contributed by atoms with van der Waals surface area (Å²) in [6.45, 7) is 2.47. The van der Waals surface area contributed by atoms with E-state index in [2.05, 4.69) is 34.9 Å². The Labute approximate surface area is 186 Å². The zero-order valence-electron chi connectivity index (χ0n) is 17.7. The molecule has 0 radical (unpaired) electrons. The molecule has 0 atom stereocenters. The van der Waals surface area contributed by atoms with Crippen LogP contribution in [0.3, 0.4) is 0 Å². The third kappa shape index (κ3) is 3.46. The summed E-state index contributed by atoms with van der Waals surface area (Å²) in [5, 5.41) is 13.3. The van der Waals surface area contributed by atoms with Crippen LogP contribution in [0.1, 0.15) is 22.4 Å². The highest BCUT2D eigenvalue weighted by Crippen LogP contribution is 2.31. The number of halogens is 1. The van der Waals surface area contributed by atoms with Gasteiger partial charge < -0.3 is 4.57 Å². The van der Waals surface area contributed by atoms with E-state index in [0.29, 0.717) is 17.7 Å². The summed E-state index contributed by atoms with van der Waals surface area (Å²) in [7, 11) is 0. The lowest BCUT2D eigenvalue weighted by molar-refractivity contribution is 0.600. The summed E-state index contributed by atoms with van der Waals surface area (Å²) < 4.78 is 16.5. The first-order valence-corrected chi connectivity index (χ1v) is 10.6. The predicted octanol–water partition coefficient (Wildman–Crippen LogP) is 7.35. The molecule has 154 valence electrons. The van der Waals surface area contributed by atoms with Crippen LogP contribution >= 0.6 is 0 Å². The molecule has 0 saturated heterocycles. The molecule has 0 N–H and O–H groups in total. The minimum atomic E-state index is -0.212. The van der Waals surface area contributed by atoms with Crippen LogP contribution in [0.4, 0.5) is 4.39 Å². The van der Waals surface area contributed by atoms with Crippen LogP contribution in [0.25, 0.3) is 33.3 Å². The maximum atomic E-state index is 14.4. The fraction of sp³-hybridized carbons (Fsp3) is 0.0690. The molecule has 0 fully saturated rings. The number of aromatic nitrogens is 1. The van der Waals surface area contributed by atoms with E-state index in [0.717, 1.165) is 38.5 Å². The first-order valence-electron chi connectivity index (χ1n) is 10.6. The number of para-hydroxylation sites is 1. The lowest BCUT2D eigenvalue weighted by atomic mass is 9.99. The van der Waals surface area contributed by atoms with Gasteiger partial charge in [-0.05, 0) is 47.5 Å². The number of nitriles is 1. The minimum absolute atomic E-state index is 0.212. The molecule has 1 aromatic heterocycles. The predicted molar refractivity (Wildman–Crippen MR) is 130 cm³/mol. The van der Waals surface area contributed by atoms with Crippen LogP contribution in [0.5, 0.6) is 0 Å². The zero-order valence-corrected chi connectivity index (χ0v) is 17.7. The average Bonchev–Trinajstić information content (AvgIpc) is 3.09. The van der Waals surface area contributed by atoms with Gasteiger partial charge in [-0.3, -0.25) is 0 Å². The molecule has 0 bridgehead atoms. The molecule has 5 rings (SSSR count). The van der Waals surface area contributed by atoms with Crippen molar-refractivity contribution in [1.82, 2.24) is 4.57 Å². The molecule has 0 unspecified atom stereocenters. The lowest BCUT2D eigenvalue weighted by Gasteiger charge is -2.09. The zero-order chi connectivity index (χ0) is 22.1. The van der Waals surface area contributed by atoms with Gasteiger partial charge in [0.2, 0.25) is 0 Å². The van der Waals surface area contributed by atoms with Crippen molar-refractivity contribution >= 4 is 33.3 Å². The standard InChI is InChI=1S/C29H21FN2/c1-20-27(17-25(18-31)23-15-14-21-8-2-3-9-22(21)16-23)26-11-5-7-13-29(26)32(20)19-24-10-4-6-12-28(24)30/h2-17H,19H2,1H3/b25-17-. The van der Waals surface area contributed by atoms with Gasteiger partial charge in [-0.2, -0.15) is 5.26 Å². The summed E-state index contributed by atoms with van der Waals surface area (Å²) in [5.74, 6) is -0.212. The first-order chi connectivity index (χ1) is 15.7. The molecule has 0 spiro atoms. The van der Waals surface area contributed by atoms with Crippen molar-refractivity contribution in [3.63, 3.8) is 0 Å². The van der Waals surface area contributed by atoms with Crippen LogP contribution in [-0.4, -0.2) is 4.57 Å². The minimum Gasteiger partial charge on any atom is -0.340 e. The molecule has 1 heterocycles. The van der Waals surface area contributed by atoms with Crippen molar-refractivity contribution in [2.75, 3.05) is 0 Å². The number of hydrogen-bond donors (Lipinski definition) is 0. The number of hydrogen-bond acceptors (Lipinski definition) is 1. The molecule has 0 aliphatic carbocycles. The van der Waals surface area contributed by atoms with E-state index in [1.165, 1.54) is 6.07 Å². The van der Waals surface area contributed by atoms with E-state index in [1.54, 1.807) is 6.07 Å². The number of rotatable bonds is 4. The fourth-order valence-electron chi connectivity index (χ4n) is 4.32. The molecule has 32 heavy (non-hydrogen) atoms. The Morgan fingerprint density at radius 3 is 2.44 bits per heavy atom. The van der Waals surface area contributed by atoms with E-state index >= 15 is 0 Å². The van der Waals surface area contributed by atoms with Crippen molar-refractivity contribution in [1.29, 1.82) is 5.26 Å². The summed E-state index contributed by atoms with van der Waals surface area (Å²) in [4.78, 5) is 0. The highest BCUT2D eigenvalue weighted by molar-refractivity contribution is 6.00. The number of benzene rings is 4. The van der Waals surface area contributed by atoms with E-state index < -0.39 is 0 Å². The monoisotopic (exact) mass is 416 g/mol. The van der Waals surface area contributed by atoms with Crippen molar-refractivity contribution < 1.29 is 4.39 Å². The Bertz CT molecular complexity index is 1530. The van der Waals surface area contributed by atoms with Crippen molar-refractivity contribution in [3.8, 4) is 6.07 Å². The average molecular weight is 416 g/mol. The molecule has 3 heteroatoms. The van der Waals surface area contributed by atoms with Crippen LogP contribution in [0, 0.1) is 24.1 Å². The topological polar surface area (TPSA) is 28.7 Å². The second-order valence-corrected chi connectivity index (χ2v) is 7.93. The van der Waals surface area contributed by atoms with Crippen LogP contribution in [0.15, 0.2) is 91.0 Å². The van der Waals surface area contributed by atoms with Gasteiger partial charge in [-0.1, -0.05) is 72.8 Å². The third-order valence-electron chi connectivity index (χ3n) is 6.04. The van der Waals surface area contributed by atoms with Crippen molar-refractivity contribution in [2.24, 2.45) is 0 Å². The Morgan fingerprint density at radius 1 is 0.906 bits per heavy atom. The number of fused-ring (bicyclic) bond motifs is 2. The Hall–Kier alpha value is -4.16. The van der Waals surface area contributed by atoms with Crippen LogP contribution < -0.4 is 0 Å². The van der Waals surface area contributed by atoms with Gasteiger partial charge in [-0.15, -0.1) is 0 Å². The summed E-state index contributed by atoms with van der Waals surface area (Å²) in [6, 6.07) is 31.6. The molecule has 0 saturated carbocycles. The summed E-state index contributed by atoms with van der Waals surface area (Å²) >= 11 is 0. The maximum absolute atomic E-state index is 14.4. The van der Waals surface area contributed by atoms with E-state index in [9.17, 15) is 9.65 Å². The normalized spacial score (nSPS) is 11.7. The van der Waals surface area contributed by atoms with Crippen LogP contribution in [-0.2, 0) is 6.54 Å². The van der Waals surface area contributed by atoms with Crippen LogP contribution in [0.2, 0.25) is 0 Å². The van der Waals surface area contributed by atoms with Crippen molar-refractivity contribution in [3.05, 3.63) is 119 Å². The summed E-state index contributed by atoms with van der Waals surface area (Å²) in [5.41, 5.74) is 5.14. The van der Waals surface area contributed by atoms with E-state index in [-0.39, 0.29) is 5.82 Å². The molecule has 5 aromatic rings. The number of allylic oxidation sites excluding steroid dienone is 1. The second kappa shape index (κ2) is 8.17. The molecule has 2 nitrogen and oxygen atoms in total. The largest absolute Gasteiger partial charge is 0.340 e. The first kappa shape index (κ1) is 19.8. The molecule has 0 amide bonds. The molecule has 4 aromatic carbocycles. The SMILES string of the molecule is Cc1c(/C=C(/C#N)c2ccc3ccccc3c2)c2ccccc2n1Cc1ccccc1F. The third-order valence-corrected chi connectivity index (χ3v) is 6.04. The number of nitrogens with zero attached hydrogens (tertiary/aromatic N) is 2. The maximum Gasteiger partial charge on any atom is 0.128 e. The molecule has 0 aliphatic heterocycles. The second-order valence-electron chi connectivity index (χ2n) is 7.93. The van der Waals surface area contributed by atoms with E-state index in [4.69, 9.17) is 0 Å². The van der Waals surface area contributed by atoms with Gasteiger partial charge in [0.05, 0.1) is 18.2 Å². The Morgan fingerprint density at radius 2 is 1.62 bits per heavy atom. The lowest BCUT2D eigenvalue weighted by Crippen LogP contribution is -2.03. The molecular weight excluding hydrogens is 395 g/mol. The van der Waals surface area contributed by atoms with Gasteiger partial charge in [0.15, 0.2) is 0 Å². The molecular formula is C29H21FN2. The molecule has 0 aliphatic rings. The van der Waals surface area contributed by atoms with Gasteiger partial charge in [0.1, 0.15) is 5.82 Å². The van der Waals surface area contributed by atoms with Gasteiger partial charge in [0, 0.05) is 27.7 Å². The Kier molecular flexibility index (Phi) is 5.05. The van der Waals surface area contributed by atoms with E-state index in [1.807, 2.05) is 67.6 Å². The van der Waals surface area contributed by atoms with Crippen molar-refractivity contribution in [2.45, 2.75) is 13.5 Å². The fourth-order valence-corrected chi connectivity index (χ4v) is 4.32. The van der Waals surface area contributed by atoms with Gasteiger partial charge >= 0.3 is 0 Å². The summed E-state index contributed by atoms with van der Waals surface area (Å²) in [6.07, 6.45) is 1.96. The quantitative estimate of drug-likeness (QED) is 0.281. The smallest absolute Gasteiger partial charge is 0.128 e. The van der Waals surface area contributed by atoms with Gasteiger partial charge in [0.25, 0.3) is 0 Å². The highest BCUT2D eigenvalue weighted by Gasteiger charge is 2.15.